The van der Waals surface area contributed by atoms with Crippen LogP contribution >= 0.6 is 0 Å². The molecule has 0 aliphatic heterocycles. The number of aliphatic hydroxyl groups excluding tert-OH is 2. The molecule has 3 heteroatoms. The summed E-state index contributed by atoms with van der Waals surface area (Å²) in [6, 6.07) is 14.1. The predicted molar refractivity (Wildman–Crippen MR) is 99.4 cm³/mol. The fourth-order valence-corrected chi connectivity index (χ4v) is 3.52. The van der Waals surface area contributed by atoms with E-state index in [1.54, 1.807) is 0 Å². The average Bonchev–Trinajstić information content (AvgIpc) is 3.28. The maximum atomic E-state index is 9.45. The van der Waals surface area contributed by atoms with Crippen LogP contribution in [0.5, 0.6) is 0 Å². The van der Waals surface area contributed by atoms with Gasteiger partial charge in [-0.25, -0.2) is 0 Å². The fourth-order valence-electron chi connectivity index (χ4n) is 3.52. The molecule has 0 amide bonds. The van der Waals surface area contributed by atoms with E-state index in [1.165, 1.54) is 11.1 Å². The van der Waals surface area contributed by atoms with Crippen LogP contribution in [0.25, 0.3) is 17.2 Å². The van der Waals surface area contributed by atoms with Crippen LogP contribution in [0.1, 0.15) is 40.2 Å². The van der Waals surface area contributed by atoms with Crippen molar-refractivity contribution in [3.8, 4) is 0 Å². The zero-order valence-electron chi connectivity index (χ0n) is 13.8. The van der Waals surface area contributed by atoms with E-state index in [9.17, 15) is 10.2 Å². The molecule has 126 valence electrons. The van der Waals surface area contributed by atoms with Crippen molar-refractivity contribution in [3.05, 3.63) is 88.5 Å². The van der Waals surface area contributed by atoms with E-state index < -0.39 is 6.29 Å². The highest BCUT2D eigenvalue weighted by Crippen LogP contribution is 2.37. The molecule has 4 rings (SSSR count). The third kappa shape index (κ3) is 2.98. The second kappa shape index (κ2) is 6.45. The Morgan fingerprint density at radius 1 is 1.00 bits per heavy atom. The molecule has 3 nitrogen and oxygen atoms in total. The van der Waals surface area contributed by atoms with Crippen molar-refractivity contribution >= 4 is 17.2 Å². The second-order valence-corrected chi connectivity index (χ2v) is 6.53. The lowest BCUT2D eigenvalue weighted by Gasteiger charge is -2.14. The first kappa shape index (κ1) is 16.0. The predicted octanol–water partition coefficient (Wildman–Crippen LogP) is 3.47. The Hall–Kier alpha value is -2.46. The van der Waals surface area contributed by atoms with Crippen molar-refractivity contribution in [2.75, 3.05) is 0 Å². The van der Waals surface area contributed by atoms with Crippen LogP contribution in [-0.4, -0.2) is 21.6 Å². The van der Waals surface area contributed by atoms with Crippen LogP contribution in [0.3, 0.4) is 0 Å². The topological polar surface area (TPSA) is 60.7 Å². The largest absolute Gasteiger partial charge is 0.392 e. The molecule has 2 aliphatic carbocycles. The van der Waals surface area contributed by atoms with Gasteiger partial charge >= 0.3 is 0 Å². The minimum atomic E-state index is -1.36. The van der Waals surface area contributed by atoms with Gasteiger partial charge in [0.25, 0.3) is 0 Å². The molecule has 0 heterocycles. The van der Waals surface area contributed by atoms with E-state index in [-0.39, 0.29) is 12.5 Å². The summed E-state index contributed by atoms with van der Waals surface area (Å²) in [5.41, 5.74) is 7.69. The number of allylic oxidation sites excluding steroid dienone is 4. The van der Waals surface area contributed by atoms with Crippen LogP contribution in [0, 0.1) is 0 Å². The average molecular weight is 332 g/mol. The summed E-state index contributed by atoms with van der Waals surface area (Å²) in [5.74, 6) is -0.333. The molecule has 0 saturated heterocycles. The molecule has 1 atom stereocenters. The smallest absolute Gasteiger partial charge is 0.161 e. The van der Waals surface area contributed by atoms with Gasteiger partial charge in [-0.2, -0.15) is 0 Å². The summed E-state index contributed by atoms with van der Waals surface area (Å²) in [4.78, 5) is 0. The van der Waals surface area contributed by atoms with Crippen LogP contribution in [0.4, 0.5) is 0 Å². The first-order chi connectivity index (χ1) is 12.2. The van der Waals surface area contributed by atoms with Crippen LogP contribution in [-0.2, 0) is 6.61 Å². The molecule has 0 fully saturated rings. The second-order valence-electron chi connectivity index (χ2n) is 6.53. The van der Waals surface area contributed by atoms with Crippen LogP contribution in [0.15, 0.2) is 60.7 Å². The number of rotatable bonds is 4. The Morgan fingerprint density at radius 3 is 2.48 bits per heavy atom. The SMILES string of the molecule is OCc1ccc(C2=CCC(c3ccc4c(c3)C=CC4C(O)O)=C2)cc1. The normalized spacial score (nSPS) is 18.5. The van der Waals surface area contributed by atoms with Gasteiger partial charge in [0.1, 0.15) is 0 Å². The zero-order valence-corrected chi connectivity index (χ0v) is 13.8. The number of hydrogen-bond donors (Lipinski definition) is 3. The molecule has 3 N–H and O–H groups in total. The van der Waals surface area contributed by atoms with Gasteiger partial charge in [0.05, 0.1) is 12.5 Å². The minimum Gasteiger partial charge on any atom is -0.392 e. The van der Waals surface area contributed by atoms with Gasteiger partial charge in [-0.3, -0.25) is 0 Å². The summed E-state index contributed by atoms with van der Waals surface area (Å²) in [6.07, 6.45) is 7.74. The third-order valence-corrected chi connectivity index (χ3v) is 4.96. The lowest BCUT2D eigenvalue weighted by molar-refractivity contribution is -0.0490. The van der Waals surface area contributed by atoms with E-state index in [0.29, 0.717) is 0 Å². The fraction of sp³-hybridized carbons (Fsp3) is 0.182. The van der Waals surface area contributed by atoms with E-state index in [2.05, 4.69) is 24.3 Å². The van der Waals surface area contributed by atoms with E-state index in [0.717, 1.165) is 34.2 Å². The van der Waals surface area contributed by atoms with Gasteiger partial charge in [-0.05, 0) is 51.5 Å². The summed E-state index contributed by atoms with van der Waals surface area (Å²) < 4.78 is 0. The number of benzene rings is 2. The lowest BCUT2D eigenvalue weighted by Crippen LogP contribution is -2.14. The van der Waals surface area contributed by atoms with Gasteiger partial charge in [-0.1, -0.05) is 60.7 Å². The zero-order chi connectivity index (χ0) is 17.4. The first-order valence-corrected chi connectivity index (χ1v) is 8.45. The first-order valence-electron chi connectivity index (χ1n) is 8.45. The standard InChI is InChI=1S/C22H20O3/c23-13-14-1-3-15(4-2-14)16-5-6-17(11-16)18-7-9-20-19(12-18)8-10-21(20)22(24)25/h1-5,7-12,21-25H,6,13H2. The van der Waals surface area contributed by atoms with Crippen molar-refractivity contribution in [2.24, 2.45) is 0 Å². The molecule has 0 bridgehead atoms. The van der Waals surface area contributed by atoms with Crippen molar-refractivity contribution in [1.29, 1.82) is 0 Å². The summed E-state index contributed by atoms with van der Waals surface area (Å²) >= 11 is 0. The maximum Gasteiger partial charge on any atom is 0.161 e. The van der Waals surface area contributed by atoms with Gasteiger partial charge in [0.15, 0.2) is 6.29 Å². The van der Waals surface area contributed by atoms with Crippen molar-refractivity contribution < 1.29 is 15.3 Å². The highest BCUT2D eigenvalue weighted by Gasteiger charge is 2.23. The monoisotopic (exact) mass is 332 g/mol. The lowest BCUT2D eigenvalue weighted by atomic mass is 9.95. The van der Waals surface area contributed by atoms with E-state index in [1.807, 2.05) is 42.5 Å². The van der Waals surface area contributed by atoms with Gasteiger partial charge < -0.3 is 15.3 Å². The number of fused-ring (bicyclic) bond motifs is 1. The Kier molecular flexibility index (Phi) is 4.14. The Morgan fingerprint density at radius 2 is 1.76 bits per heavy atom. The molecule has 0 aromatic heterocycles. The molecule has 0 radical (unpaired) electrons. The highest BCUT2D eigenvalue weighted by molar-refractivity contribution is 5.90. The minimum absolute atomic E-state index is 0.0621. The van der Waals surface area contributed by atoms with Gasteiger partial charge in [-0.15, -0.1) is 0 Å². The van der Waals surface area contributed by atoms with Gasteiger partial charge in [0, 0.05) is 0 Å². The van der Waals surface area contributed by atoms with E-state index >= 15 is 0 Å². The summed E-state index contributed by atoms with van der Waals surface area (Å²) in [5, 5.41) is 28.0. The quantitative estimate of drug-likeness (QED) is 0.751. The third-order valence-electron chi connectivity index (χ3n) is 4.96. The Labute approximate surface area is 146 Å². The number of hydrogen-bond acceptors (Lipinski definition) is 3. The Balaban J connectivity index is 1.59. The number of aliphatic hydroxyl groups is 3. The molecule has 2 aromatic carbocycles. The van der Waals surface area contributed by atoms with Crippen LogP contribution in [0.2, 0.25) is 0 Å². The van der Waals surface area contributed by atoms with Crippen LogP contribution < -0.4 is 0 Å². The summed E-state index contributed by atoms with van der Waals surface area (Å²) in [7, 11) is 0. The molecular formula is C22H20O3. The molecule has 0 saturated carbocycles. The van der Waals surface area contributed by atoms with Crippen molar-refractivity contribution in [3.63, 3.8) is 0 Å². The molecular weight excluding hydrogens is 312 g/mol. The molecule has 2 aromatic rings. The van der Waals surface area contributed by atoms with E-state index in [4.69, 9.17) is 5.11 Å². The molecule has 0 spiro atoms. The van der Waals surface area contributed by atoms with Crippen molar-refractivity contribution in [2.45, 2.75) is 25.2 Å². The van der Waals surface area contributed by atoms with Crippen molar-refractivity contribution in [1.82, 2.24) is 0 Å². The van der Waals surface area contributed by atoms with Gasteiger partial charge in [0.2, 0.25) is 0 Å². The highest BCUT2D eigenvalue weighted by atomic mass is 16.5. The molecule has 2 aliphatic rings. The molecule has 1 unspecified atom stereocenters. The maximum absolute atomic E-state index is 9.45. The molecule has 25 heavy (non-hydrogen) atoms. The summed E-state index contributed by atoms with van der Waals surface area (Å²) in [6.45, 7) is 0.0621. The Bertz CT molecular complexity index is 886.